The third-order valence-corrected chi connectivity index (χ3v) is 2.75. The number of halogens is 1. The van der Waals surface area contributed by atoms with Crippen molar-refractivity contribution in [2.24, 2.45) is 13.0 Å². The topological polar surface area (TPSA) is 27.1 Å². The highest BCUT2D eigenvalue weighted by Crippen LogP contribution is 2.21. The van der Waals surface area contributed by atoms with E-state index < -0.39 is 0 Å². The van der Waals surface area contributed by atoms with Crippen LogP contribution in [0.1, 0.15) is 18.3 Å². The molecule has 0 aliphatic rings. The molecule has 1 unspecified atom stereocenters. The van der Waals surface area contributed by atoms with E-state index in [2.05, 4.69) is 12.0 Å². The number of alkyl halides is 1. The van der Waals surface area contributed by atoms with Crippen molar-refractivity contribution in [1.29, 1.82) is 0 Å². The van der Waals surface area contributed by atoms with Gasteiger partial charge < -0.3 is 4.74 Å². The standard InChI is InChI=1S/C10H17ClN2O/c1-7(5-11)6-14-10-8(2)12-13(4)9(10)3/h7H,5-6H2,1-4H3. The molecule has 1 aromatic heterocycles. The summed E-state index contributed by atoms with van der Waals surface area (Å²) in [7, 11) is 1.92. The molecular formula is C10H17ClN2O. The first-order valence-corrected chi connectivity index (χ1v) is 5.28. The SMILES string of the molecule is Cc1nn(C)c(C)c1OCC(C)CCl. The molecule has 0 aromatic carbocycles. The van der Waals surface area contributed by atoms with Crippen LogP contribution in [0.2, 0.25) is 0 Å². The normalized spacial score (nSPS) is 12.9. The minimum atomic E-state index is 0.371. The van der Waals surface area contributed by atoms with Crippen molar-refractivity contribution in [1.82, 2.24) is 9.78 Å². The Bertz CT molecular complexity index is 309. The summed E-state index contributed by atoms with van der Waals surface area (Å²) in [5.41, 5.74) is 2.00. The summed E-state index contributed by atoms with van der Waals surface area (Å²) in [4.78, 5) is 0. The molecule has 0 radical (unpaired) electrons. The summed E-state index contributed by atoms with van der Waals surface area (Å²) < 4.78 is 7.50. The van der Waals surface area contributed by atoms with Gasteiger partial charge in [-0.05, 0) is 13.8 Å². The van der Waals surface area contributed by atoms with Crippen molar-refractivity contribution < 1.29 is 4.74 Å². The van der Waals surface area contributed by atoms with Crippen LogP contribution in [0.15, 0.2) is 0 Å². The van der Waals surface area contributed by atoms with Gasteiger partial charge in [0.15, 0.2) is 5.75 Å². The van der Waals surface area contributed by atoms with Crippen LogP contribution < -0.4 is 4.74 Å². The maximum atomic E-state index is 5.70. The van der Waals surface area contributed by atoms with Crippen LogP contribution in [0, 0.1) is 19.8 Å². The molecule has 0 amide bonds. The number of hydrogen-bond donors (Lipinski definition) is 0. The van der Waals surface area contributed by atoms with Crippen LogP contribution in [0.3, 0.4) is 0 Å². The quantitative estimate of drug-likeness (QED) is 0.723. The van der Waals surface area contributed by atoms with Gasteiger partial charge in [-0.3, -0.25) is 4.68 Å². The van der Waals surface area contributed by atoms with Gasteiger partial charge in [0.1, 0.15) is 5.69 Å². The van der Waals surface area contributed by atoms with Gasteiger partial charge in [0.25, 0.3) is 0 Å². The van der Waals surface area contributed by atoms with E-state index in [1.807, 2.05) is 25.6 Å². The maximum Gasteiger partial charge on any atom is 0.162 e. The molecule has 0 aliphatic carbocycles. The predicted molar refractivity (Wildman–Crippen MR) is 58.1 cm³/mol. The minimum absolute atomic E-state index is 0.371. The summed E-state index contributed by atoms with van der Waals surface area (Å²) in [5.74, 6) is 1.89. The first-order chi connectivity index (χ1) is 6.56. The van der Waals surface area contributed by atoms with Gasteiger partial charge in [0, 0.05) is 18.8 Å². The van der Waals surface area contributed by atoms with Crippen LogP contribution in [0.4, 0.5) is 0 Å². The third kappa shape index (κ3) is 2.41. The molecule has 0 fully saturated rings. The number of rotatable bonds is 4. The summed E-state index contributed by atoms with van der Waals surface area (Å²) in [6, 6.07) is 0. The molecule has 0 spiro atoms. The van der Waals surface area contributed by atoms with E-state index >= 15 is 0 Å². The van der Waals surface area contributed by atoms with Crippen LogP contribution in [0.5, 0.6) is 5.75 Å². The van der Waals surface area contributed by atoms with E-state index in [1.54, 1.807) is 0 Å². The Morgan fingerprint density at radius 1 is 1.50 bits per heavy atom. The lowest BCUT2D eigenvalue weighted by atomic mass is 10.2. The summed E-state index contributed by atoms with van der Waals surface area (Å²) in [6.45, 7) is 6.67. The summed E-state index contributed by atoms with van der Waals surface area (Å²) in [5, 5.41) is 4.27. The van der Waals surface area contributed by atoms with E-state index in [1.165, 1.54) is 0 Å². The van der Waals surface area contributed by atoms with Gasteiger partial charge in [-0.2, -0.15) is 5.10 Å². The van der Waals surface area contributed by atoms with Gasteiger partial charge in [-0.25, -0.2) is 0 Å². The van der Waals surface area contributed by atoms with Gasteiger partial charge >= 0.3 is 0 Å². The largest absolute Gasteiger partial charge is 0.489 e. The molecule has 3 nitrogen and oxygen atoms in total. The van der Waals surface area contributed by atoms with Gasteiger partial charge in [-0.15, -0.1) is 11.6 Å². The smallest absolute Gasteiger partial charge is 0.162 e. The Morgan fingerprint density at radius 3 is 2.57 bits per heavy atom. The van der Waals surface area contributed by atoms with E-state index in [4.69, 9.17) is 16.3 Å². The number of hydrogen-bond acceptors (Lipinski definition) is 2. The second-order valence-electron chi connectivity index (χ2n) is 3.69. The molecular weight excluding hydrogens is 200 g/mol. The molecule has 0 aliphatic heterocycles. The lowest BCUT2D eigenvalue weighted by molar-refractivity contribution is 0.269. The van der Waals surface area contributed by atoms with Crippen molar-refractivity contribution in [2.45, 2.75) is 20.8 Å². The van der Waals surface area contributed by atoms with Crippen molar-refractivity contribution in [2.75, 3.05) is 12.5 Å². The van der Waals surface area contributed by atoms with Crippen LogP contribution in [0.25, 0.3) is 0 Å². The highest BCUT2D eigenvalue weighted by Gasteiger charge is 2.11. The van der Waals surface area contributed by atoms with E-state index in [9.17, 15) is 0 Å². The number of aromatic nitrogens is 2. The average Bonchev–Trinajstić information content (AvgIpc) is 2.39. The molecule has 80 valence electrons. The molecule has 0 N–H and O–H groups in total. The summed E-state index contributed by atoms with van der Waals surface area (Å²) >= 11 is 5.70. The lowest BCUT2D eigenvalue weighted by Crippen LogP contribution is -2.10. The molecule has 0 bridgehead atoms. The maximum absolute atomic E-state index is 5.70. The van der Waals surface area contributed by atoms with Gasteiger partial charge in [-0.1, -0.05) is 6.92 Å². The molecule has 1 heterocycles. The zero-order valence-corrected chi connectivity index (χ0v) is 9.93. The molecule has 0 saturated carbocycles. The van der Waals surface area contributed by atoms with Crippen molar-refractivity contribution in [3.05, 3.63) is 11.4 Å². The lowest BCUT2D eigenvalue weighted by Gasteiger charge is -2.10. The molecule has 4 heteroatoms. The Balaban J connectivity index is 2.67. The van der Waals surface area contributed by atoms with E-state index in [0.29, 0.717) is 18.4 Å². The minimum Gasteiger partial charge on any atom is -0.489 e. The van der Waals surface area contributed by atoms with Crippen molar-refractivity contribution in [3.8, 4) is 5.75 Å². The zero-order chi connectivity index (χ0) is 10.7. The Morgan fingerprint density at radius 2 is 2.14 bits per heavy atom. The third-order valence-electron chi connectivity index (χ3n) is 2.22. The Labute approximate surface area is 90.0 Å². The second-order valence-corrected chi connectivity index (χ2v) is 4.00. The molecule has 1 aromatic rings. The van der Waals surface area contributed by atoms with Gasteiger partial charge in [0.2, 0.25) is 0 Å². The van der Waals surface area contributed by atoms with Crippen LogP contribution >= 0.6 is 11.6 Å². The first-order valence-electron chi connectivity index (χ1n) is 4.75. The highest BCUT2D eigenvalue weighted by atomic mass is 35.5. The Hall–Kier alpha value is -0.700. The fourth-order valence-electron chi connectivity index (χ4n) is 1.23. The van der Waals surface area contributed by atoms with Crippen LogP contribution in [-0.2, 0) is 7.05 Å². The number of nitrogens with zero attached hydrogens (tertiary/aromatic N) is 2. The Kier molecular flexibility index (Phi) is 3.81. The highest BCUT2D eigenvalue weighted by molar-refractivity contribution is 6.18. The molecule has 0 saturated heterocycles. The second kappa shape index (κ2) is 4.69. The average molecular weight is 217 g/mol. The zero-order valence-electron chi connectivity index (χ0n) is 9.17. The van der Waals surface area contributed by atoms with E-state index in [0.717, 1.165) is 17.1 Å². The van der Waals surface area contributed by atoms with Gasteiger partial charge in [0.05, 0.1) is 12.3 Å². The van der Waals surface area contributed by atoms with Crippen molar-refractivity contribution >= 4 is 11.6 Å². The monoisotopic (exact) mass is 216 g/mol. The van der Waals surface area contributed by atoms with Crippen molar-refractivity contribution in [3.63, 3.8) is 0 Å². The molecule has 1 atom stereocenters. The predicted octanol–water partition coefficient (Wildman–Crippen LogP) is 2.29. The molecule has 14 heavy (non-hydrogen) atoms. The first kappa shape index (κ1) is 11.4. The number of ether oxygens (including phenoxy) is 1. The van der Waals surface area contributed by atoms with Crippen LogP contribution in [-0.4, -0.2) is 22.3 Å². The fraction of sp³-hybridized carbons (Fsp3) is 0.700. The summed E-state index contributed by atoms with van der Waals surface area (Å²) in [6.07, 6.45) is 0. The number of aryl methyl sites for hydroxylation is 2. The van der Waals surface area contributed by atoms with E-state index in [-0.39, 0.29) is 0 Å². The molecule has 1 rings (SSSR count). The fourth-order valence-corrected chi connectivity index (χ4v) is 1.32.